The molecule has 1 fully saturated rings. The SMILES string of the molecule is CNCC1CN(Cc2ccc(C)cc2Cl)CCO1. The lowest BCUT2D eigenvalue weighted by molar-refractivity contribution is -0.0291. The van der Waals surface area contributed by atoms with Crippen LogP contribution in [0.5, 0.6) is 0 Å². The highest BCUT2D eigenvalue weighted by atomic mass is 35.5. The minimum absolute atomic E-state index is 0.285. The normalized spacial score (nSPS) is 21.2. The Morgan fingerprint density at radius 2 is 2.33 bits per heavy atom. The van der Waals surface area contributed by atoms with E-state index < -0.39 is 0 Å². The van der Waals surface area contributed by atoms with Crippen LogP contribution in [0, 0.1) is 6.92 Å². The van der Waals surface area contributed by atoms with Gasteiger partial charge in [-0.25, -0.2) is 0 Å². The topological polar surface area (TPSA) is 24.5 Å². The molecular formula is C14H21ClN2O. The van der Waals surface area contributed by atoms with Crippen molar-refractivity contribution in [3.8, 4) is 0 Å². The molecule has 1 aliphatic heterocycles. The fourth-order valence-electron chi connectivity index (χ4n) is 2.30. The number of hydrogen-bond donors (Lipinski definition) is 1. The van der Waals surface area contributed by atoms with Crippen LogP contribution in [-0.2, 0) is 11.3 Å². The van der Waals surface area contributed by atoms with E-state index in [1.807, 2.05) is 13.1 Å². The standard InChI is InChI=1S/C14H21ClN2O/c1-11-3-4-12(14(15)7-11)9-17-5-6-18-13(10-17)8-16-2/h3-4,7,13,16H,5-6,8-10H2,1-2H3. The number of ether oxygens (including phenoxy) is 1. The molecule has 1 unspecified atom stereocenters. The maximum absolute atomic E-state index is 6.28. The second-order valence-electron chi connectivity index (χ2n) is 4.88. The summed E-state index contributed by atoms with van der Waals surface area (Å²) in [7, 11) is 1.96. The molecule has 1 heterocycles. The minimum atomic E-state index is 0.285. The van der Waals surface area contributed by atoms with E-state index in [0.29, 0.717) is 0 Å². The zero-order chi connectivity index (χ0) is 13.0. The van der Waals surface area contributed by atoms with E-state index in [0.717, 1.165) is 37.8 Å². The van der Waals surface area contributed by atoms with Crippen molar-refractivity contribution in [2.24, 2.45) is 0 Å². The number of aryl methyl sites for hydroxylation is 1. The fraction of sp³-hybridized carbons (Fsp3) is 0.571. The van der Waals surface area contributed by atoms with Crippen LogP contribution >= 0.6 is 11.6 Å². The van der Waals surface area contributed by atoms with Gasteiger partial charge in [0.25, 0.3) is 0 Å². The van der Waals surface area contributed by atoms with Crippen LogP contribution in [0.1, 0.15) is 11.1 Å². The third-order valence-corrected chi connectivity index (χ3v) is 3.61. The van der Waals surface area contributed by atoms with Crippen LogP contribution in [0.2, 0.25) is 5.02 Å². The van der Waals surface area contributed by atoms with E-state index in [-0.39, 0.29) is 6.10 Å². The second-order valence-corrected chi connectivity index (χ2v) is 5.29. The van der Waals surface area contributed by atoms with Crippen LogP contribution in [-0.4, -0.2) is 44.3 Å². The maximum atomic E-state index is 6.28. The number of hydrogen-bond acceptors (Lipinski definition) is 3. The molecular weight excluding hydrogens is 248 g/mol. The quantitative estimate of drug-likeness (QED) is 0.905. The highest BCUT2D eigenvalue weighted by Gasteiger charge is 2.20. The summed E-state index contributed by atoms with van der Waals surface area (Å²) in [6, 6.07) is 6.27. The predicted molar refractivity (Wildman–Crippen MR) is 75.1 cm³/mol. The summed E-state index contributed by atoms with van der Waals surface area (Å²) >= 11 is 6.28. The van der Waals surface area contributed by atoms with Crippen LogP contribution in [0.15, 0.2) is 18.2 Å². The Bertz CT molecular complexity index is 395. The van der Waals surface area contributed by atoms with Gasteiger partial charge >= 0.3 is 0 Å². The van der Waals surface area contributed by atoms with Gasteiger partial charge in [0.2, 0.25) is 0 Å². The van der Waals surface area contributed by atoms with Gasteiger partial charge in [0.05, 0.1) is 12.7 Å². The Kier molecular flexibility index (Phi) is 5.01. The Labute approximate surface area is 114 Å². The molecule has 4 heteroatoms. The van der Waals surface area contributed by atoms with E-state index in [4.69, 9.17) is 16.3 Å². The van der Waals surface area contributed by atoms with Crippen molar-refractivity contribution in [1.82, 2.24) is 10.2 Å². The van der Waals surface area contributed by atoms with E-state index in [1.165, 1.54) is 11.1 Å². The molecule has 0 amide bonds. The van der Waals surface area contributed by atoms with Crippen molar-refractivity contribution < 1.29 is 4.74 Å². The minimum Gasteiger partial charge on any atom is -0.374 e. The molecule has 0 radical (unpaired) electrons. The first-order chi connectivity index (χ1) is 8.69. The Morgan fingerprint density at radius 3 is 3.06 bits per heavy atom. The van der Waals surface area contributed by atoms with Gasteiger partial charge < -0.3 is 10.1 Å². The summed E-state index contributed by atoms with van der Waals surface area (Å²) in [4.78, 5) is 2.40. The van der Waals surface area contributed by atoms with E-state index in [1.54, 1.807) is 0 Å². The van der Waals surface area contributed by atoms with Gasteiger partial charge in [-0.2, -0.15) is 0 Å². The van der Waals surface area contributed by atoms with E-state index >= 15 is 0 Å². The Morgan fingerprint density at radius 1 is 1.50 bits per heavy atom. The summed E-state index contributed by atoms with van der Waals surface area (Å²) in [5.74, 6) is 0. The molecule has 18 heavy (non-hydrogen) atoms. The number of benzene rings is 1. The van der Waals surface area contributed by atoms with Gasteiger partial charge in [0.15, 0.2) is 0 Å². The molecule has 0 spiro atoms. The zero-order valence-electron chi connectivity index (χ0n) is 11.1. The molecule has 1 saturated heterocycles. The van der Waals surface area contributed by atoms with Gasteiger partial charge in [-0.1, -0.05) is 23.7 Å². The smallest absolute Gasteiger partial charge is 0.0826 e. The molecule has 1 aliphatic rings. The lowest BCUT2D eigenvalue weighted by Crippen LogP contribution is -2.45. The Balaban J connectivity index is 1.96. The Hall–Kier alpha value is -0.610. The largest absolute Gasteiger partial charge is 0.374 e. The van der Waals surface area contributed by atoms with E-state index in [2.05, 4.69) is 29.3 Å². The number of halogens is 1. The van der Waals surface area contributed by atoms with Gasteiger partial charge in [0, 0.05) is 31.2 Å². The molecule has 1 atom stereocenters. The summed E-state index contributed by atoms with van der Waals surface area (Å²) < 4.78 is 5.70. The number of morpholine rings is 1. The van der Waals surface area contributed by atoms with Crippen LogP contribution in [0.4, 0.5) is 0 Å². The molecule has 0 bridgehead atoms. The van der Waals surface area contributed by atoms with Crippen molar-refractivity contribution in [3.63, 3.8) is 0 Å². The average Bonchev–Trinajstić information content (AvgIpc) is 2.34. The van der Waals surface area contributed by atoms with Crippen LogP contribution in [0.25, 0.3) is 0 Å². The monoisotopic (exact) mass is 268 g/mol. The molecule has 3 nitrogen and oxygen atoms in total. The summed E-state index contributed by atoms with van der Waals surface area (Å²) in [6.07, 6.45) is 0.285. The summed E-state index contributed by atoms with van der Waals surface area (Å²) in [5, 5.41) is 4.03. The van der Waals surface area contributed by atoms with Crippen molar-refractivity contribution in [2.45, 2.75) is 19.6 Å². The lowest BCUT2D eigenvalue weighted by atomic mass is 10.1. The molecule has 0 saturated carbocycles. The van der Waals surface area contributed by atoms with Crippen molar-refractivity contribution in [1.29, 1.82) is 0 Å². The third-order valence-electron chi connectivity index (χ3n) is 3.26. The maximum Gasteiger partial charge on any atom is 0.0826 e. The summed E-state index contributed by atoms with van der Waals surface area (Å²) in [6.45, 7) is 6.61. The lowest BCUT2D eigenvalue weighted by Gasteiger charge is -2.33. The van der Waals surface area contributed by atoms with Crippen LogP contribution < -0.4 is 5.32 Å². The number of nitrogens with one attached hydrogen (secondary N) is 1. The molecule has 100 valence electrons. The second kappa shape index (κ2) is 6.53. The predicted octanol–water partition coefficient (Wildman–Crippen LogP) is 2.07. The highest BCUT2D eigenvalue weighted by molar-refractivity contribution is 6.31. The zero-order valence-corrected chi connectivity index (χ0v) is 11.8. The first-order valence-electron chi connectivity index (χ1n) is 6.42. The van der Waals surface area contributed by atoms with Crippen LogP contribution in [0.3, 0.4) is 0 Å². The van der Waals surface area contributed by atoms with Crippen molar-refractivity contribution >= 4 is 11.6 Å². The number of likely N-dealkylation sites (N-methyl/N-ethyl adjacent to an activating group) is 1. The van der Waals surface area contributed by atoms with Crippen molar-refractivity contribution in [3.05, 3.63) is 34.3 Å². The number of nitrogens with zero attached hydrogens (tertiary/aromatic N) is 1. The van der Waals surface area contributed by atoms with Gasteiger partial charge in [-0.3, -0.25) is 4.90 Å². The average molecular weight is 269 g/mol. The first kappa shape index (κ1) is 13.8. The fourth-order valence-corrected chi connectivity index (χ4v) is 2.59. The van der Waals surface area contributed by atoms with Gasteiger partial charge in [-0.15, -0.1) is 0 Å². The highest BCUT2D eigenvalue weighted by Crippen LogP contribution is 2.20. The molecule has 0 aromatic heterocycles. The first-order valence-corrected chi connectivity index (χ1v) is 6.80. The van der Waals surface area contributed by atoms with Crippen molar-refractivity contribution in [2.75, 3.05) is 33.3 Å². The molecule has 1 N–H and O–H groups in total. The third kappa shape index (κ3) is 3.69. The van der Waals surface area contributed by atoms with Gasteiger partial charge in [0.1, 0.15) is 0 Å². The molecule has 1 aromatic carbocycles. The molecule has 1 aromatic rings. The van der Waals surface area contributed by atoms with Gasteiger partial charge in [-0.05, 0) is 31.2 Å². The number of rotatable bonds is 4. The molecule has 2 rings (SSSR count). The van der Waals surface area contributed by atoms with E-state index in [9.17, 15) is 0 Å². The molecule has 0 aliphatic carbocycles. The summed E-state index contributed by atoms with van der Waals surface area (Å²) in [5.41, 5.74) is 2.41.